The molecule has 0 unspecified atom stereocenters. The lowest BCUT2D eigenvalue weighted by atomic mass is 10.1. The number of carbonyl (C=O) groups excluding carboxylic acids is 2. The van der Waals surface area contributed by atoms with E-state index in [1.54, 1.807) is 18.2 Å². The van der Waals surface area contributed by atoms with E-state index >= 15 is 0 Å². The average Bonchev–Trinajstić information content (AvgIpc) is 3.40. The van der Waals surface area contributed by atoms with Gasteiger partial charge in [-0.25, -0.2) is 8.42 Å². The van der Waals surface area contributed by atoms with Crippen LogP contribution in [-0.2, 0) is 32.6 Å². The molecule has 31 heavy (non-hydrogen) atoms. The van der Waals surface area contributed by atoms with Gasteiger partial charge in [0.1, 0.15) is 6.04 Å². The van der Waals surface area contributed by atoms with Gasteiger partial charge in [0, 0.05) is 43.7 Å². The Balaban J connectivity index is 1.56. The molecule has 0 radical (unpaired) electrons. The molecule has 2 aromatic rings. The minimum Gasteiger partial charge on any atom is -0.350 e. The van der Waals surface area contributed by atoms with Crippen LogP contribution in [0.1, 0.15) is 30.9 Å². The van der Waals surface area contributed by atoms with Gasteiger partial charge in [-0.05, 0) is 48.2 Å². The summed E-state index contributed by atoms with van der Waals surface area (Å²) in [5, 5.41) is 3.40. The number of rotatable bonds is 5. The van der Waals surface area contributed by atoms with Crippen molar-refractivity contribution in [3.8, 4) is 0 Å². The van der Waals surface area contributed by atoms with E-state index in [-0.39, 0.29) is 29.7 Å². The second-order valence-corrected chi connectivity index (χ2v) is 10.2. The lowest BCUT2D eigenvalue weighted by Gasteiger charge is -2.23. The van der Waals surface area contributed by atoms with E-state index in [0.717, 1.165) is 18.4 Å². The predicted molar refractivity (Wildman–Crippen MR) is 118 cm³/mol. The highest BCUT2D eigenvalue weighted by molar-refractivity contribution is 7.89. The molecule has 0 saturated carbocycles. The number of halogens is 1. The summed E-state index contributed by atoms with van der Waals surface area (Å²) < 4.78 is 27.3. The normalized spacial score (nSPS) is 18.8. The molecule has 0 spiro atoms. The lowest BCUT2D eigenvalue weighted by Crippen LogP contribution is -2.47. The van der Waals surface area contributed by atoms with Crippen molar-refractivity contribution in [2.75, 3.05) is 18.0 Å². The molecular formula is C22H24ClN3O4S. The van der Waals surface area contributed by atoms with E-state index in [4.69, 9.17) is 11.6 Å². The number of sulfonamides is 1. The van der Waals surface area contributed by atoms with Gasteiger partial charge in [0.05, 0.1) is 4.90 Å². The van der Waals surface area contributed by atoms with E-state index < -0.39 is 16.1 Å². The van der Waals surface area contributed by atoms with Gasteiger partial charge < -0.3 is 5.32 Å². The zero-order valence-corrected chi connectivity index (χ0v) is 18.7. The number of hydrogen-bond donors (Lipinski definition) is 1. The topological polar surface area (TPSA) is 86.8 Å². The largest absolute Gasteiger partial charge is 0.350 e. The smallest absolute Gasteiger partial charge is 0.243 e. The molecule has 0 aromatic heterocycles. The molecule has 9 heteroatoms. The van der Waals surface area contributed by atoms with Crippen LogP contribution in [0.15, 0.2) is 47.4 Å². The van der Waals surface area contributed by atoms with Crippen LogP contribution in [0.4, 0.5) is 5.69 Å². The molecule has 2 aromatic carbocycles. The number of benzene rings is 2. The maximum atomic E-state index is 12.9. The zero-order valence-electron chi connectivity index (χ0n) is 17.2. The summed E-state index contributed by atoms with van der Waals surface area (Å²) in [6, 6.07) is 11.2. The molecule has 4 rings (SSSR count). The molecule has 1 N–H and O–H groups in total. The number of fused-ring (bicyclic) bond motifs is 1. The zero-order chi connectivity index (χ0) is 22.2. The number of anilines is 1. The van der Waals surface area contributed by atoms with E-state index in [9.17, 15) is 18.0 Å². The Kier molecular flexibility index (Phi) is 6.05. The number of hydrogen-bond acceptors (Lipinski definition) is 4. The van der Waals surface area contributed by atoms with Crippen LogP contribution in [0.5, 0.6) is 0 Å². The van der Waals surface area contributed by atoms with Gasteiger partial charge in [-0.3, -0.25) is 14.5 Å². The maximum Gasteiger partial charge on any atom is 0.243 e. The number of carbonyl (C=O) groups is 2. The van der Waals surface area contributed by atoms with Crippen LogP contribution in [0.2, 0.25) is 5.02 Å². The van der Waals surface area contributed by atoms with Gasteiger partial charge in [0.2, 0.25) is 21.8 Å². The lowest BCUT2D eigenvalue weighted by molar-refractivity contribution is -0.125. The Labute approximate surface area is 187 Å². The Morgan fingerprint density at radius 1 is 1.13 bits per heavy atom. The molecule has 2 aliphatic heterocycles. The third kappa shape index (κ3) is 4.20. The molecule has 2 heterocycles. The Morgan fingerprint density at radius 3 is 2.52 bits per heavy atom. The third-order valence-corrected chi connectivity index (χ3v) is 8.05. The Hall–Kier alpha value is -2.42. The summed E-state index contributed by atoms with van der Waals surface area (Å²) in [5.74, 6) is -0.581. The molecule has 7 nitrogen and oxygen atoms in total. The van der Waals surface area contributed by atoms with Crippen molar-refractivity contribution in [3.63, 3.8) is 0 Å². The van der Waals surface area contributed by atoms with Crippen LogP contribution < -0.4 is 10.2 Å². The van der Waals surface area contributed by atoms with Crippen LogP contribution in [0.25, 0.3) is 0 Å². The van der Waals surface area contributed by atoms with Crippen molar-refractivity contribution >= 4 is 39.1 Å². The van der Waals surface area contributed by atoms with E-state index in [1.165, 1.54) is 22.2 Å². The van der Waals surface area contributed by atoms with Gasteiger partial charge in [-0.2, -0.15) is 4.31 Å². The summed E-state index contributed by atoms with van der Waals surface area (Å²) in [5.41, 5.74) is 2.03. The highest BCUT2D eigenvalue weighted by atomic mass is 35.5. The van der Waals surface area contributed by atoms with Crippen molar-refractivity contribution in [1.29, 1.82) is 0 Å². The molecule has 0 aliphatic carbocycles. The number of nitrogens with zero attached hydrogens (tertiary/aromatic N) is 2. The predicted octanol–water partition coefficient (Wildman–Crippen LogP) is 2.72. The molecule has 1 fully saturated rings. The van der Waals surface area contributed by atoms with Crippen molar-refractivity contribution < 1.29 is 18.0 Å². The first kappa shape index (κ1) is 21.8. The standard InChI is InChI=1S/C22H24ClN3O4S/c1-15(27)26-20-9-8-18(31(29,30)25-10-4-5-11-25)12-17(20)13-21(26)22(28)24-14-16-6-2-3-7-19(16)23/h2-3,6-9,12,21H,4-5,10-11,13-14H2,1H3,(H,24,28)/t21-/m0/s1. The fourth-order valence-electron chi connectivity index (χ4n) is 4.21. The summed E-state index contributed by atoms with van der Waals surface area (Å²) in [6.07, 6.45) is 1.97. The summed E-state index contributed by atoms with van der Waals surface area (Å²) in [6.45, 7) is 2.68. The van der Waals surface area contributed by atoms with Crippen molar-refractivity contribution in [1.82, 2.24) is 9.62 Å². The van der Waals surface area contributed by atoms with Crippen molar-refractivity contribution in [2.45, 2.75) is 43.7 Å². The van der Waals surface area contributed by atoms with Gasteiger partial charge in [0.15, 0.2) is 0 Å². The van der Waals surface area contributed by atoms with Gasteiger partial charge >= 0.3 is 0 Å². The fourth-order valence-corrected chi connectivity index (χ4v) is 5.98. The number of nitrogens with one attached hydrogen (secondary N) is 1. The van der Waals surface area contributed by atoms with E-state index in [1.807, 2.05) is 18.2 Å². The quantitative estimate of drug-likeness (QED) is 0.741. The van der Waals surface area contributed by atoms with Crippen molar-refractivity contribution in [3.05, 3.63) is 58.6 Å². The van der Waals surface area contributed by atoms with Crippen molar-refractivity contribution in [2.24, 2.45) is 0 Å². The second kappa shape index (κ2) is 8.61. The van der Waals surface area contributed by atoms with Gasteiger partial charge in [-0.1, -0.05) is 29.8 Å². The van der Waals surface area contributed by atoms with E-state index in [0.29, 0.717) is 29.4 Å². The molecule has 1 saturated heterocycles. The summed E-state index contributed by atoms with van der Waals surface area (Å²) >= 11 is 6.16. The summed E-state index contributed by atoms with van der Waals surface area (Å²) in [4.78, 5) is 26.9. The third-order valence-electron chi connectivity index (χ3n) is 5.79. The first-order valence-corrected chi connectivity index (χ1v) is 12.0. The van der Waals surface area contributed by atoms with Gasteiger partial charge in [-0.15, -0.1) is 0 Å². The van der Waals surface area contributed by atoms with Crippen LogP contribution >= 0.6 is 11.6 Å². The monoisotopic (exact) mass is 461 g/mol. The minimum atomic E-state index is -3.57. The van der Waals surface area contributed by atoms with Gasteiger partial charge in [0.25, 0.3) is 0 Å². The van der Waals surface area contributed by atoms with E-state index in [2.05, 4.69) is 5.32 Å². The molecule has 2 aliphatic rings. The molecule has 2 amide bonds. The molecule has 1 atom stereocenters. The summed E-state index contributed by atoms with van der Waals surface area (Å²) in [7, 11) is -3.57. The Morgan fingerprint density at radius 2 is 1.84 bits per heavy atom. The second-order valence-electron chi connectivity index (χ2n) is 7.82. The highest BCUT2D eigenvalue weighted by Crippen LogP contribution is 2.35. The average molecular weight is 462 g/mol. The number of amides is 2. The maximum absolute atomic E-state index is 12.9. The van der Waals surface area contributed by atoms with Crippen LogP contribution in [0.3, 0.4) is 0 Å². The molecule has 164 valence electrons. The first-order chi connectivity index (χ1) is 14.8. The fraction of sp³-hybridized carbons (Fsp3) is 0.364. The molecular weight excluding hydrogens is 438 g/mol. The highest BCUT2D eigenvalue weighted by Gasteiger charge is 2.38. The van der Waals surface area contributed by atoms with Crippen LogP contribution in [0, 0.1) is 0 Å². The SMILES string of the molecule is CC(=O)N1c2ccc(S(=O)(=O)N3CCCC3)cc2C[C@H]1C(=O)NCc1ccccc1Cl. The Bertz CT molecular complexity index is 1130. The minimum absolute atomic E-state index is 0.203. The van der Waals surface area contributed by atoms with Crippen LogP contribution in [-0.4, -0.2) is 43.7 Å². The first-order valence-electron chi connectivity index (χ1n) is 10.2. The molecule has 0 bridgehead atoms.